The number of carbonyl (C=O) groups excluding carboxylic acids is 5. The molecular formula is C49H64ClN7O8. The highest BCUT2D eigenvalue weighted by Crippen LogP contribution is 2.55. The first kappa shape index (κ1) is 50.3. The highest BCUT2D eigenvalue weighted by atomic mass is 35.5. The van der Waals surface area contributed by atoms with Crippen LogP contribution in [0, 0.1) is 27.6 Å². The van der Waals surface area contributed by atoms with Gasteiger partial charge in [0, 0.05) is 79.5 Å². The maximum absolute atomic E-state index is 13.9. The number of halogens is 1. The van der Waals surface area contributed by atoms with Crippen LogP contribution >= 0.6 is 11.6 Å². The summed E-state index contributed by atoms with van der Waals surface area (Å²) in [5.41, 5.74) is 1.60. The number of hydrogen-bond acceptors (Lipinski definition) is 10. The number of benzene rings is 3. The molecule has 1 saturated heterocycles. The predicted molar refractivity (Wildman–Crippen MR) is 248 cm³/mol. The van der Waals surface area contributed by atoms with Gasteiger partial charge in [0.15, 0.2) is 0 Å². The topological polar surface area (TPSA) is 211 Å². The van der Waals surface area contributed by atoms with Gasteiger partial charge in [-0.2, -0.15) is 5.26 Å². The molecule has 1 saturated carbocycles. The summed E-state index contributed by atoms with van der Waals surface area (Å²) in [5.74, 6) is -1.15. The Bertz CT molecular complexity index is 2200. The third-order valence-corrected chi connectivity index (χ3v) is 12.6. The molecule has 0 unspecified atom stereocenters. The molecule has 0 radical (unpaired) electrons. The van der Waals surface area contributed by atoms with E-state index in [9.17, 15) is 34.3 Å². The van der Waals surface area contributed by atoms with E-state index in [0.717, 1.165) is 30.5 Å². The Hall–Kier alpha value is -5.69. The fourth-order valence-electron chi connectivity index (χ4n) is 9.00. The molecular weight excluding hydrogens is 850 g/mol. The Morgan fingerprint density at radius 3 is 2.18 bits per heavy atom. The molecule has 1 heterocycles. The van der Waals surface area contributed by atoms with E-state index in [2.05, 4.69) is 60.3 Å². The number of likely N-dealkylation sites (tertiary alicyclic amines) is 1. The molecule has 16 heteroatoms. The molecule has 0 spiro atoms. The SMILES string of the molecule is CNC(=O)c1ccc(CNC(=O)[C@@H]2C[C@@H](O)CN2C(=O)[C@@H](NC(=O)COCCCCCNc2ccc(C(=O)NC3C(C)(C)C(Oc4ccc(C#N)c(Cl)c4)C3(C)C)cc2)C(C)(C)C)cc1. The first-order valence-electron chi connectivity index (χ1n) is 22.1. The largest absolute Gasteiger partial charge is 0.489 e. The van der Waals surface area contributed by atoms with Gasteiger partial charge in [-0.1, -0.05) is 72.2 Å². The molecule has 350 valence electrons. The number of nitriles is 1. The predicted octanol–water partition coefficient (Wildman–Crippen LogP) is 5.59. The lowest BCUT2D eigenvalue weighted by Gasteiger charge is -2.63. The standard InChI is InChI=1S/C49H64ClN7O8/c1-47(2,3)40(44(63)57-28-35(58)24-38(57)43(62)54-27-30-12-14-31(15-13-30)41(60)52-8)55-39(59)29-64-23-11-9-10-22-53-34-19-16-32(17-20-34)42(61)56-45-48(4,5)46(49(45,6)7)65-36-21-18-33(26-51)37(50)25-36/h12-21,25,35,38,40,45-46,53,58H,9-11,22-24,27-29H2,1-8H3,(H,52,60)(H,54,62)(H,55,59)(H,56,61)/t35-,38+,40-,45?,46?/m1/s1. The minimum absolute atomic E-state index is 0.0377. The fraction of sp³-hybridized carbons (Fsp3) is 0.510. The highest BCUT2D eigenvalue weighted by Gasteiger charge is 2.64. The van der Waals surface area contributed by atoms with Crippen LogP contribution in [-0.2, 0) is 25.7 Å². The van der Waals surface area contributed by atoms with Crippen LogP contribution in [-0.4, -0.2) is 103 Å². The molecule has 15 nitrogen and oxygen atoms in total. The molecule has 65 heavy (non-hydrogen) atoms. The number of carbonyl (C=O) groups is 5. The van der Waals surface area contributed by atoms with Gasteiger partial charge in [0.2, 0.25) is 17.7 Å². The summed E-state index contributed by atoms with van der Waals surface area (Å²) in [6, 6.07) is 19.2. The molecule has 6 N–H and O–H groups in total. The Balaban J connectivity index is 0.993. The second kappa shape index (κ2) is 21.5. The van der Waals surface area contributed by atoms with Crippen LogP contribution in [0.5, 0.6) is 5.75 Å². The zero-order valence-electron chi connectivity index (χ0n) is 38.7. The van der Waals surface area contributed by atoms with Gasteiger partial charge >= 0.3 is 0 Å². The maximum Gasteiger partial charge on any atom is 0.251 e. The number of nitrogens with one attached hydrogen (secondary N) is 5. The molecule has 1 aliphatic heterocycles. The third-order valence-electron chi connectivity index (χ3n) is 12.3. The van der Waals surface area contributed by atoms with Crippen LogP contribution in [0.2, 0.25) is 5.02 Å². The number of ether oxygens (including phenoxy) is 2. The van der Waals surface area contributed by atoms with Gasteiger partial charge in [0.1, 0.15) is 36.6 Å². The molecule has 0 aromatic heterocycles. The summed E-state index contributed by atoms with van der Waals surface area (Å²) >= 11 is 6.23. The van der Waals surface area contributed by atoms with Crippen molar-refractivity contribution in [3.8, 4) is 11.8 Å². The number of aliphatic hydroxyl groups excluding tert-OH is 1. The molecule has 5 rings (SSSR count). The molecule has 3 aromatic rings. The first-order valence-corrected chi connectivity index (χ1v) is 22.5. The van der Waals surface area contributed by atoms with Gasteiger partial charge in [0.05, 0.1) is 16.7 Å². The van der Waals surface area contributed by atoms with Crippen molar-refractivity contribution in [1.82, 2.24) is 26.2 Å². The van der Waals surface area contributed by atoms with E-state index in [0.29, 0.717) is 40.6 Å². The number of aliphatic hydroxyl groups is 1. The van der Waals surface area contributed by atoms with Crippen LogP contribution in [0.1, 0.15) is 106 Å². The normalized spacial score (nSPS) is 20.0. The minimum Gasteiger partial charge on any atom is -0.489 e. The van der Waals surface area contributed by atoms with Gasteiger partial charge in [-0.05, 0) is 78.8 Å². The average Bonchev–Trinajstić information content (AvgIpc) is 3.67. The van der Waals surface area contributed by atoms with Crippen molar-refractivity contribution in [2.24, 2.45) is 16.2 Å². The van der Waals surface area contributed by atoms with Gasteiger partial charge in [-0.3, -0.25) is 24.0 Å². The van der Waals surface area contributed by atoms with Gasteiger partial charge < -0.3 is 46.1 Å². The summed E-state index contributed by atoms with van der Waals surface area (Å²) in [4.78, 5) is 66.7. The van der Waals surface area contributed by atoms with E-state index >= 15 is 0 Å². The number of hydrogen-bond donors (Lipinski definition) is 6. The number of unbranched alkanes of at least 4 members (excludes halogenated alkanes) is 2. The Morgan fingerprint density at radius 2 is 1.57 bits per heavy atom. The lowest BCUT2D eigenvalue weighted by Crippen LogP contribution is -2.74. The summed E-state index contributed by atoms with van der Waals surface area (Å²) in [6.45, 7) is 14.7. The Kier molecular flexibility index (Phi) is 16.7. The summed E-state index contributed by atoms with van der Waals surface area (Å²) in [7, 11) is 1.55. The second-order valence-electron chi connectivity index (χ2n) is 19.2. The molecule has 3 aromatic carbocycles. The van der Waals surface area contributed by atoms with E-state index in [-0.39, 0.29) is 60.9 Å². The average molecular weight is 915 g/mol. The lowest BCUT2D eigenvalue weighted by molar-refractivity contribution is -0.164. The van der Waals surface area contributed by atoms with E-state index in [1.54, 1.807) is 61.6 Å². The summed E-state index contributed by atoms with van der Waals surface area (Å²) in [5, 5.41) is 34.8. The van der Waals surface area contributed by atoms with Crippen molar-refractivity contribution < 1.29 is 38.6 Å². The monoisotopic (exact) mass is 913 g/mol. The third kappa shape index (κ3) is 12.6. The van der Waals surface area contributed by atoms with Crippen molar-refractivity contribution in [2.45, 2.75) is 111 Å². The van der Waals surface area contributed by atoms with Crippen molar-refractivity contribution in [3.63, 3.8) is 0 Å². The van der Waals surface area contributed by atoms with E-state index in [1.807, 2.05) is 32.9 Å². The maximum atomic E-state index is 13.9. The number of anilines is 1. The number of nitrogens with zero attached hydrogens (tertiary/aromatic N) is 2. The molecule has 3 atom stereocenters. The Labute approximate surface area is 387 Å². The van der Waals surface area contributed by atoms with Crippen molar-refractivity contribution in [2.75, 3.05) is 38.7 Å². The minimum atomic E-state index is -0.969. The van der Waals surface area contributed by atoms with E-state index in [1.165, 1.54) is 4.90 Å². The van der Waals surface area contributed by atoms with Crippen LogP contribution in [0.25, 0.3) is 0 Å². The fourth-order valence-corrected chi connectivity index (χ4v) is 9.21. The van der Waals surface area contributed by atoms with Crippen molar-refractivity contribution >= 4 is 46.8 Å². The zero-order chi connectivity index (χ0) is 47.7. The van der Waals surface area contributed by atoms with Crippen LogP contribution in [0.4, 0.5) is 5.69 Å². The van der Waals surface area contributed by atoms with Gasteiger partial charge in [0.25, 0.3) is 11.8 Å². The Morgan fingerprint density at radius 1 is 0.923 bits per heavy atom. The number of amides is 5. The highest BCUT2D eigenvalue weighted by molar-refractivity contribution is 6.31. The zero-order valence-corrected chi connectivity index (χ0v) is 39.4. The second-order valence-corrected chi connectivity index (χ2v) is 19.6. The number of β-amino-alcohol motifs (C(OH)–C–C–N with tert-alkyl or cyclic N) is 1. The van der Waals surface area contributed by atoms with E-state index in [4.69, 9.17) is 21.1 Å². The van der Waals surface area contributed by atoms with Crippen LogP contribution in [0.3, 0.4) is 0 Å². The van der Waals surface area contributed by atoms with Crippen molar-refractivity contribution in [1.29, 1.82) is 5.26 Å². The van der Waals surface area contributed by atoms with Crippen molar-refractivity contribution in [3.05, 3.63) is 94.0 Å². The molecule has 2 aliphatic rings. The van der Waals surface area contributed by atoms with Crippen LogP contribution < -0.4 is 31.3 Å². The number of rotatable bonds is 19. The van der Waals surface area contributed by atoms with Crippen LogP contribution in [0.15, 0.2) is 66.7 Å². The smallest absolute Gasteiger partial charge is 0.251 e. The van der Waals surface area contributed by atoms with Gasteiger partial charge in [-0.25, -0.2) is 0 Å². The van der Waals surface area contributed by atoms with Gasteiger partial charge in [-0.15, -0.1) is 0 Å². The molecule has 2 fully saturated rings. The quantitative estimate of drug-likeness (QED) is 0.0821. The lowest BCUT2D eigenvalue weighted by atomic mass is 9.49. The molecule has 0 bridgehead atoms. The first-order chi connectivity index (χ1) is 30.7. The molecule has 1 aliphatic carbocycles. The molecule has 5 amide bonds. The summed E-state index contributed by atoms with van der Waals surface area (Å²) in [6.07, 6.45) is 1.38. The summed E-state index contributed by atoms with van der Waals surface area (Å²) < 4.78 is 12.0. The van der Waals surface area contributed by atoms with E-state index < -0.39 is 41.3 Å².